The number of nitrogens with two attached hydrogens (primary N) is 1. The molecule has 0 radical (unpaired) electrons. The Morgan fingerprint density at radius 1 is 1.28 bits per heavy atom. The lowest BCUT2D eigenvalue weighted by molar-refractivity contribution is -0.137. The van der Waals surface area contributed by atoms with Crippen LogP contribution in [0, 0.1) is 0 Å². The number of nitrogens with zero attached hydrogens (tertiary/aromatic N) is 4. The van der Waals surface area contributed by atoms with Crippen LogP contribution < -0.4 is 5.73 Å². The Kier molecular flexibility index (Phi) is 4.33. The molecule has 0 aliphatic heterocycles. The van der Waals surface area contributed by atoms with Gasteiger partial charge in [-0.25, -0.2) is 15.0 Å². The molecule has 2 N–H and O–H groups in total. The zero-order valence-corrected chi connectivity index (χ0v) is 14.1. The number of pyridine rings is 2. The summed E-state index contributed by atoms with van der Waals surface area (Å²) in [7, 11) is 1.61. The molecule has 0 amide bonds. The zero-order chi connectivity index (χ0) is 18.4. The SMILES string of the molecule is CC[S+]([O-])c1ccc(N)nc1-c1nc2cc(C(F)(F)F)cnc2n1C. The fourth-order valence-corrected chi connectivity index (χ4v) is 3.29. The van der Waals surface area contributed by atoms with Crippen LogP contribution in [-0.4, -0.2) is 29.8 Å². The first-order chi connectivity index (χ1) is 11.7. The summed E-state index contributed by atoms with van der Waals surface area (Å²) >= 11 is -1.33. The van der Waals surface area contributed by atoms with Crippen LogP contribution in [0.15, 0.2) is 29.3 Å². The van der Waals surface area contributed by atoms with Gasteiger partial charge >= 0.3 is 6.18 Å². The summed E-state index contributed by atoms with van der Waals surface area (Å²) in [6.45, 7) is 1.75. The van der Waals surface area contributed by atoms with Gasteiger partial charge in [-0.2, -0.15) is 13.2 Å². The Hall–Kier alpha value is -2.33. The Morgan fingerprint density at radius 2 is 2.00 bits per heavy atom. The number of halogens is 3. The molecule has 132 valence electrons. The van der Waals surface area contributed by atoms with Gasteiger partial charge in [0.25, 0.3) is 0 Å². The van der Waals surface area contributed by atoms with Crippen LogP contribution in [-0.2, 0) is 24.4 Å². The van der Waals surface area contributed by atoms with E-state index in [-0.39, 0.29) is 28.5 Å². The van der Waals surface area contributed by atoms with E-state index >= 15 is 0 Å². The first kappa shape index (κ1) is 17.5. The predicted octanol–water partition coefficient (Wildman–Crippen LogP) is 2.76. The molecule has 3 heterocycles. The van der Waals surface area contributed by atoms with Crippen LogP contribution >= 0.6 is 0 Å². The van der Waals surface area contributed by atoms with Crippen LogP contribution in [0.2, 0.25) is 0 Å². The first-order valence-electron chi connectivity index (χ1n) is 7.27. The average Bonchev–Trinajstić information content (AvgIpc) is 2.89. The predicted molar refractivity (Wildman–Crippen MR) is 88.1 cm³/mol. The smallest absolute Gasteiger partial charge is 0.417 e. The Balaban J connectivity index is 2.23. The lowest BCUT2D eigenvalue weighted by Gasteiger charge is -2.12. The Morgan fingerprint density at radius 3 is 2.64 bits per heavy atom. The minimum absolute atomic E-state index is 0.0739. The molecule has 0 saturated heterocycles. The minimum Gasteiger partial charge on any atom is -0.611 e. The maximum absolute atomic E-state index is 12.9. The third-order valence-electron chi connectivity index (χ3n) is 3.64. The monoisotopic (exact) mass is 369 g/mol. The lowest BCUT2D eigenvalue weighted by atomic mass is 10.2. The number of nitrogen functional groups attached to an aromatic ring is 1. The van der Waals surface area contributed by atoms with Crippen molar-refractivity contribution in [2.24, 2.45) is 7.05 Å². The Labute approximate surface area is 144 Å². The van der Waals surface area contributed by atoms with Gasteiger partial charge in [0, 0.05) is 13.2 Å². The second kappa shape index (κ2) is 6.19. The van der Waals surface area contributed by atoms with Crippen LogP contribution in [0.25, 0.3) is 22.7 Å². The minimum atomic E-state index is -4.51. The quantitative estimate of drug-likeness (QED) is 0.717. The van der Waals surface area contributed by atoms with Crippen molar-refractivity contribution in [1.82, 2.24) is 19.5 Å². The Bertz CT molecular complexity index is 941. The molecular formula is C15H14F3N5OS. The van der Waals surface area contributed by atoms with Gasteiger partial charge in [-0.1, -0.05) is 0 Å². The van der Waals surface area contributed by atoms with E-state index < -0.39 is 22.9 Å². The number of rotatable bonds is 3. The molecule has 25 heavy (non-hydrogen) atoms. The first-order valence-corrected chi connectivity index (χ1v) is 8.59. The summed E-state index contributed by atoms with van der Waals surface area (Å²) in [6.07, 6.45) is -3.76. The fraction of sp³-hybridized carbons (Fsp3) is 0.267. The van der Waals surface area contributed by atoms with Crippen molar-refractivity contribution in [3.8, 4) is 11.5 Å². The summed E-state index contributed by atoms with van der Waals surface area (Å²) in [6, 6.07) is 4.04. The van der Waals surface area contributed by atoms with Crippen LogP contribution in [0.1, 0.15) is 12.5 Å². The van der Waals surface area contributed by atoms with Gasteiger partial charge in [0.1, 0.15) is 17.1 Å². The molecule has 0 spiro atoms. The highest BCUT2D eigenvalue weighted by molar-refractivity contribution is 7.91. The standard InChI is InChI=1S/C15H14F3N5OS/c1-3-25(24)10-4-5-11(19)22-12(10)14-21-9-6-8(15(16,17)18)7-20-13(9)23(14)2/h4-7H,3H2,1-2H3,(H2,19,22). The number of aryl methyl sites for hydroxylation is 1. The van der Waals surface area contributed by atoms with Gasteiger partial charge in [0.2, 0.25) is 0 Å². The van der Waals surface area contributed by atoms with E-state index in [1.165, 1.54) is 10.6 Å². The molecule has 1 atom stereocenters. The van der Waals surface area contributed by atoms with E-state index in [0.717, 1.165) is 12.3 Å². The van der Waals surface area contributed by atoms with Gasteiger partial charge in [0.15, 0.2) is 22.1 Å². The molecule has 6 nitrogen and oxygen atoms in total. The van der Waals surface area contributed by atoms with Crippen molar-refractivity contribution in [2.45, 2.75) is 18.0 Å². The topological polar surface area (TPSA) is 92.7 Å². The van der Waals surface area contributed by atoms with Crippen LogP contribution in [0.5, 0.6) is 0 Å². The second-order valence-electron chi connectivity index (χ2n) is 5.28. The molecule has 0 aliphatic carbocycles. The summed E-state index contributed by atoms with van der Waals surface area (Å²) < 4.78 is 52.4. The molecule has 0 saturated carbocycles. The lowest BCUT2D eigenvalue weighted by Crippen LogP contribution is -2.09. The highest BCUT2D eigenvalue weighted by atomic mass is 32.2. The molecule has 0 fully saturated rings. The van der Waals surface area contributed by atoms with Crippen LogP contribution in [0.3, 0.4) is 0 Å². The van der Waals surface area contributed by atoms with E-state index in [4.69, 9.17) is 5.73 Å². The van der Waals surface area contributed by atoms with Gasteiger partial charge in [-0.3, -0.25) is 0 Å². The van der Waals surface area contributed by atoms with E-state index in [1.54, 1.807) is 20.0 Å². The van der Waals surface area contributed by atoms with Gasteiger partial charge < -0.3 is 14.9 Å². The maximum Gasteiger partial charge on any atom is 0.417 e. The molecular weight excluding hydrogens is 355 g/mol. The van der Waals surface area contributed by atoms with E-state index in [9.17, 15) is 17.7 Å². The average molecular weight is 369 g/mol. The van der Waals surface area contributed by atoms with E-state index in [2.05, 4.69) is 15.0 Å². The zero-order valence-electron chi connectivity index (χ0n) is 13.3. The van der Waals surface area contributed by atoms with Crippen molar-refractivity contribution in [3.63, 3.8) is 0 Å². The number of imidazole rings is 1. The third-order valence-corrected chi connectivity index (χ3v) is 4.98. The molecule has 3 rings (SSSR count). The van der Waals surface area contributed by atoms with Gasteiger partial charge in [0.05, 0.1) is 5.56 Å². The number of alkyl halides is 3. The maximum atomic E-state index is 12.9. The molecule has 3 aromatic heterocycles. The number of fused-ring (bicyclic) bond motifs is 1. The molecule has 0 aliphatic rings. The van der Waals surface area contributed by atoms with Crippen molar-refractivity contribution in [2.75, 3.05) is 11.5 Å². The molecule has 0 aromatic carbocycles. The number of hydrogen-bond acceptors (Lipinski definition) is 5. The number of hydrogen-bond donors (Lipinski definition) is 1. The summed E-state index contributed by atoms with van der Waals surface area (Å²) in [5, 5.41) is 0. The fourth-order valence-electron chi connectivity index (χ4n) is 2.40. The molecule has 3 aromatic rings. The molecule has 0 bridgehead atoms. The summed E-state index contributed by atoms with van der Waals surface area (Å²) in [5.74, 6) is 0.813. The van der Waals surface area contributed by atoms with Crippen LogP contribution in [0.4, 0.5) is 19.0 Å². The van der Waals surface area contributed by atoms with Gasteiger partial charge in [-0.05, 0) is 36.3 Å². The highest BCUT2D eigenvalue weighted by Crippen LogP contribution is 2.32. The highest BCUT2D eigenvalue weighted by Gasteiger charge is 2.32. The summed E-state index contributed by atoms with van der Waals surface area (Å²) in [4.78, 5) is 12.7. The van der Waals surface area contributed by atoms with Crippen molar-refractivity contribution in [3.05, 3.63) is 30.0 Å². The van der Waals surface area contributed by atoms with E-state index in [1.807, 2.05) is 0 Å². The number of anilines is 1. The van der Waals surface area contributed by atoms with E-state index in [0.29, 0.717) is 10.6 Å². The normalized spacial score (nSPS) is 13.4. The van der Waals surface area contributed by atoms with Crippen molar-refractivity contribution < 1.29 is 17.7 Å². The largest absolute Gasteiger partial charge is 0.611 e. The second-order valence-corrected chi connectivity index (χ2v) is 6.98. The van der Waals surface area contributed by atoms with Gasteiger partial charge in [-0.15, -0.1) is 0 Å². The molecule has 1 unspecified atom stereocenters. The van der Waals surface area contributed by atoms with Crippen molar-refractivity contribution >= 4 is 28.2 Å². The number of aromatic nitrogens is 4. The summed E-state index contributed by atoms with van der Waals surface area (Å²) in [5.41, 5.74) is 5.44. The third kappa shape index (κ3) is 3.14. The molecule has 10 heteroatoms. The van der Waals surface area contributed by atoms with Crippen molar-refractivity contribution in [1.29, 1.82) is 0 Å².